The van der Waals surface area contributed by atoms with Crippen molar-refractivity contribution >= 4 is 40.8 Å². The first-order valence-electron chi connectivity index (χ1n) is 16.0. The van der Waals surface area contributed by atoms with Crippen LogP contribution in [0.5, 0.6) is 6.01 Å². The van der Waals surface area contributed by atoms with Crippen LogP contribution in [-0.4, -0.2) is 53.2 Å². The minimum atomic E-state index is -2.13. The van der Waals surface area contributed by atoms with Crippen LogP contribution in [0.2, 0.25) is 16.6 Å². The van der Waals surface area contributed by atoms with E-state index < -0.39 is 8.07 Å². The molecule has 0 amide bonds. The van der Waals surface area contributed by atoms with Crippen LogP contribution in [0.3, 0.4) is 0 Å². The molecule has 2 aliphatic heterocycles. The predicted octanol–water partition coefficient (Wildman–Crippen LogP) is 7.30. The van der Waals surface area contributed by atoms with E-state index in [1.807, 2.05) is 12.3 Å². The van der Waals surface area contributed by atoms with E-state index >= 15 is 0 Å². The number of terminal acetylenes is 1. The van der Waals surface area contributed by atoms with Crippen LogP contribution in [0.25, 0.3) is 32.9 Å². The molecule has 2 aromatic heterocycles. The Kier molecular flexibility index (Phi) is 7.72. The van der Waals surface area contributed by atoms with Gasteiger partial charge in [-0.15, -0.1) is 6.42 Å². The molecule has 2 aliphatic rings. The Labute approximate surface area is 257 Å². The summed E-state index contributed by atoms with van der Waals surface area (Å²) in [5, 5.41) is 4.29. The molecule has 0 unspecified atom stereocenters. The second kappa shape index (κ2) is 11.2. The highest BCUT2D eigenvalue weighted by molar-refractivity contribution is 6.95. The first kappa shape index (κ1) is 29.6. The number of nitrogen functional groups attached to an aromatic ring is 1. The van der Waals surface area contributed by atoms with Crippen LogP contribution in [0.1, 0.15) is 72.8 Å². The topological polar surface area (TPSA) is 77.2 Å². The van der Waals surface area contributed by atoms with Crippen molar-refractivity contribution in [2.24, 2.45) is 0 Å². The molecule has 2 fully saturated rings. The fourth-order valence-electron chi connectivity index (χ4n) is 9.02. The maximum absolute atomic E-state index is 6.76. The zero-order chi connectivity index (χ0) is 30.5. The first-order chi connectivity index (χ1) is 20.6. The molecular formula is C36H45N5OSi. The Hall–Kier alpha value is -3.47. The smallest absolute Gasteiger partial charge is 0.319 e. The summed E-state index contributed by atoms with van der Waals surface area (Å²) in [5.74, 6) is 3.54. The number of nitrogens with two attached hydrogens (primary N) is 1. The van der Waals surface area contributed by atoms with Crippen LogP contribution in [0, 0.1) is 12.3 Å². The van der Waals surface area contributed by atoms with E-state index in [1.54, 1.807) is 0 Å². The molecule has 0 radical (unpaired) electrons. The molecule has 0 bridgehead atoms. The van der Waals surface area contributed by atoms with Gasteiger partial charge in [-0.3, -0.25) is 9.88 Å². The molecule has 2 saturated heterocycles. The van der Waals surface area contributed by atoms with Gasteiger partial charge >= 0.3 is 6.01 Å². The fourth-order valence-corrected chi connectivity index (χ4v) is 15.9. The number of anilines is 1. The second-order valence-electron chi connectivity index (χ2n) is 13.6. The largest absolute Gasteiger partial charge is 0.461 e. The number of fused-ring (bicyclic) bond motifs is 3. The Bertz CT molecular complexity index is 1690. The number of benzene rings is 2. The van der Waals surface area contributed by atoms with Gasteiger partial charge in [0.05, 0.1) is 30.2 Å². The van der Waals surface area contributed by atoms with E-state index in [9.17, 15) is 0 Å². The van der Waals surface area contributed by atoms with Gasteiger partial charge in [0.15, 0.2) is 0 Å². The number of hydrogen-bond donors (Lipinski definition) is 1. The van der Waals surface area contributed by atoms with Crippen LogP contribution in [0.4, 0.5) is 5.82 Å². The molecule has 7 heteroatoms. The lowest BCUT2D eigenvalue weighted by atomic mass is 9.94. The Morgan fingerprint density at radius 2 is 1.67 bits per heavy atom. The van der Waals surface area contributed by atoms with Gasteiger partial charge in [-0.25, -0.2) is 0 Å². The number of aromatic nitrogens is 3. The SMILES string of the molecule is C#Cc1c([Si](C(C)C)(C(C)C)C(C)C)cc2ccccc2c1-c1nccc2nc(OCC34CCCN3CCC4)nc(N)c12. The van der Waals surface area contributed by atoms with Gasteiger partial charge in [0.25, 0.3) is 0 Å². The monoisotopic (exact) mass is 591 g/mol. The minimum Gasteiger partial charge on any atom is -0.461 e. The normalized spacial score (nSPS) is 16.9. The third-order valence-corrected chi connectivity index (χ3v) is 17.7. The van der Waals surface area contributed by atoms with E-state index in [0.717, 1.165) is 59.0 Å². The molecule has 0 spiro atoms. The number of rotatable bonds is 8. The average Bonchev–Trinajstić information content (AvgIpc) is 3.55. The lowest BCUT2D eigenvalue weighted by Gasteiger charge is -2.44. The van der Waals surface area contributed by atoms with Crippen molar-refractivity contribution in [2.75, 3.05) is 25.4 Å². The molecule has 6 nitrogen and oxygen atoms in total. The van der Waals surface area contributed by atoms with Gasteiger partial charge in [0.2, 0.25) is 0 Å². The molecule has 4 heterocycles. The Morgan fingerprint density at radius 1 is 1.00 bits per heavy atom. The van der Waals surface area contributed by atoms with E-state index in [4.69, 9.17) is 31.8 Å². The van der Waals surface area contributed by atoms with Gasteiger partial charge in [-0.05, 0) is 77.4 Å². The molecule has 43 heavy (non-hydrogen) atoms. The molecule has 224 valence electrons. The van der Waals surface area contributed by atoms with Crippen molar-refractivity contribution in [1.82, 2.24) is 19.9 Å². The van der Waals surface area contributed by atoms with E-state index in [2.05, 4.69) is 82.7 Å². The molecule has 0 aliphatic carbocycles. The van der Waals surface area contributed by atoms with Crippen molar-refractivity contribution in [3.05, 3.63) is 48.2 Å². The summed E-state index contributed by atoms with van der Waals surface area (Å²) in [6.07, 6.45) is 13.1. The van der Waals surface area contributed by atoms with Crippen molar-refractivity contribution in [1.29, 1.82) is 0 Å². The van der Waals surface area contributed by atoms with Crippen molar-refractivity contribution in [3.63, 3.8) is 0 Å². The number of pyridine rings is 1. The van der Waals surface area contributed by atoms with Crippen LogP contribution < -0.4 is 15.7 Å². The standard InChI is InChI=1S/C36H45N5OSi/c1-8-27-30(43(23(2)3,24(4)5)25(6)7)21-26-13-9-10-14-28(26)31(27)33-32-29(15-18-38-33)39-35(40-34(32)37)42-22-36-16-11-19-41(36)20-12-17-36/h1,9-10,13-15,18,21,23-25H,11-12,16-17,19-20,22H2,2-7H3,(H2,37,39,40). The highest BCUT2D eigenvalue weighted by Gasteiger charge is 2.47. The molecule has 0 saturated carbocycles. The molecular weight excluding hydrogens is 547 g/mol. The van der Waals surface area contributed by atoms with E-state index in [-0.39, 0.29) is 5.54 Å². The van der Waals surface area contributed by atoms with Crippen molar-refractivity contribution in [2.45, 2.75) is 89.4 Å². The summed E-state index contributed by atoms with van der Waals surface area (Å²) < 4.78 is 6.30. The van der Waals surface area contributed by atoms with Gasteiger partial charge in [0, 0.05) is 17.3 Å². The minimum absolute atomic E-state index is 0.108. The van der Waals surface area contributed by atoms with Gasteiger partial charge in [-0.2, -0.15) is 9.97 Å². The van der Waals surface area contributed by atoms with Crippen LogP contribution in [-0.2, 0) is 0 Å². The van der Waals surface area contributed by atoms with Crippen molar-refractivity contribution in [3.8, 4) is 29.6 Å². The quantitative estimate of drug-likeness (QED) is 0.171. The molecule has 0 atom stereocenters. The lowest BCUT2D eigenvalue weighted by molar-refractivity contribution is 0.108. The fraction of sp³-hybridized carbons (Fsp3) is 0.472. The average molecular weight is 592 g/mol. The van der Waals surface area contributed by atoms with E-state index in [1.165, 1.54) is 23.4 Å². The summed E-state index contributed by atoms with van der Waals surface area (Å²) in [6.45, 7) is 17.2. The predicted molar refractivity (Wildman–Crippen MR) is 182 cm³/mol. The summed E-state index contributed by atoms with van der Waals surface area (Å²) in [7, 11) is -2.13. The van der Waals surface area contributed by atoms with Gasteiger partial charge in [-0.1, -0.05) is 77.8 Å². The Morgan fingerprint density at radius 3 is 2.33 bits per heavy atom. The maximum atomic E-state index is 6.76. The molecule has 2 N–H and O–H groups in total. The summed E-state index contributed by atoms with van der Waals surface area (Å²) in [4.78, 5) is 17.1. The maximum Gasteiger partial charge on any atom is 0.319 e. The van der Waals surface area contributed by atoms with Gasteiger partial charge in [0.1, 0.15) is 12.4 Å². The third-order valence-electron chi connectivity index (χ3n) is 10.7. The highest BCUT2D eigenvalue weighted by Crippen LogP contribution is 2.45. The second-order valence-corrected chi connectivity index (χ2v) is 19.5. The van der Waals surface area contributed by atoms with Crippen molar-refractivity contribution < 1.29 is 4.74 Å². The first-order valence-corrected chi connectivity index (χ1v) is 18.2. The number of ether oxygens (including phenoxy) is 1. The third kappa shape index (κ3) is 4.62. The zero-order valence-electron chi connectivity index (χ0n) is 26.6. The molecule has 2 aromatic carbocycles. The van der Waals surface area contributed by atoms with Crippen LogP contribution >= 0.6 is 0 Å². The molecule has 4 aromatic rings. The lowest BCUT2D eigenvalue weighted by Crippen LogP contribution is -2.56. The summed E-state index contributed by atoms with van der Waals surface area (Å²) in [6, 6.07) is 13.1. The van der Waals surface area contributed by atoms with Gasteiger partial charge < -0.3 is 10.5 Å². The number of hydrogen-bond acceptors (Lipinski definition) is 6. The highest BCUT2D eigenvalue weighted by atomic mass is 28.3. The number of nitrogens with zero attached hydrogens (tertiary/aromatic N) is 4. The summed E-state index contributed by atoms with van der Waals surface area (Å²) >= 11 is 0. The van der Waals surface area contributed by atoms with Crippen LogP contribution in [0.15, 0.2) is 42.6 Å². The molecule has 6 rings (SSSR count). The summed E-state index contributed by atoms with van der Waals surface area (Å²) in [5.41, 5.74) is 11.7. The van der Waals surface area contributed by atoms with E-state index in [0.29, 0.717) is 35.1 Å². The Balaban J connectivity index is 1.55. The zero-order valence-corrected chi connectivity index (χ0v) is 27.6.